The van der Waals surface area contributed by atoms with Crippen molar-refractivity contribution in [3.63, 3.8) is 0 Å². The summed E-state index contributed by atoms with van der Waals surface area (Å²) in [6.45, 7) is 1.31. The highest BCUT2D eigenvalue weighted by Crippen LogP contribution is 2.62. The molecule has 1 heterocycles. The minimum atomic E-state index is -0.507. The molecule has 0 spiro atoms. The fourth-order valence-electron chi connectivity index (χ4n) is 6.93. The molecule has 6 rings (SSSR count). The van der Waals surface area contributed by atoms with E-state index in [-0.39, 0.29) is 17.2 Å². The van der Waals surface area contributed by atoms with E-state index in [9.17, 15) is 14.7 Å². The van der Waals surface area contributed by atoms with Crippen LogP contribution >= 0.6 is 0 Å². The Labute approximate surface area is 166 Å². The van der Waals surface area contributed by atoms with Gasteiger partial charge in [-0.2, -0.15) is 0 Å². The Balaban J connectivity index is 1.17. The zero-order valence-electron chi connectivity index (χ0n) is 16.5. The molecule has 1 aliphatic heterocycles. The number of carbonyl (C=O) groups excluding carboxylic acids is 2. The number of hydrogen-bond acceptors (Lipinski definition) is 3. The van der Waals surface area contributed by atoms with Gasteiger partial charge in [0.25, 0.3) is 0 Å². The number of carbonyl (C=O) groups is 2. The van der Waals surface area contributed by atoms with Gasteiger partial charge in [0.2, 0.25) is 11.8 Å². The van der Waals surface area contributed by atoms with Gasteiger partial charge in [0.15, 0.2) is 0 Å². The predicted octanol–water partition coefficient (Wildman–Crippen LogP) is 3.15. The Morgan fingerprint density at radius 1 is 1.14 bits per heavy atom. The molecule has 5 nitrogen and oxygen atoms in total. The minimum absolute atomic E-state index is 0.0168. The summed E-state index contributed by atoms with van der Waals surface area (Å²) in [6.07, 6.45) is 8.26. The zero-order valence-corrected chi connectivity index (χ0v) is 16.5. The van der Waals surface area contributed by atoms with Gasteiger partial charge in [-0.05, 0) is 79.9 Å². The molecule has 1 aromatic carbocycles. The van der Waals surface area contributed by atoms with Crippen LogP contribution in [0, 0.1) is 17.3 Å². The summed E-state index contributed by atoms with van der Waals surface area (Å²) >= 11 is 0. The molecule has 5 fully saturated rings. The van der Waals surface area contributed by atoms with Crippen molar-refractivity contribution in [2.75, 3.05) is 11.4 Å². The van der Waals surface area contributed by atoms with E-state index in [2.05, 4.69) is 5.32 Å². The summed E-state index contributed by atoms with van der Waals surface area (Å²) in [5, 5.41) is 13.9. The standard InChI is InChI=1S/C23H30N2O3/c26-20(13-22-9-17-8-18(10-22)12-23(28,11-17)15-22)24-14-16-3-5-19(6-4-16)25-7-1-2-21(25)27/h3-6,17-18,28H,1-2,7-15H2,(H,24,26)/t17-,18-,22?,23?/m1/s1. The Morgan fingerprint density at radius 2 is 1.86 bits per heavy atom. The number of hydrogen-bond donors (Lipinski definition) is 2. The summed E-state index contributed by atoms with van der Waals surface area (Å²) in [5.41, 5.74) is 1.50. The van der Waals surface area contributed by atoms with Gasteiger partial charge >= 0.3 is 0 Å². The van der Waals surface area contributed by atoms with Crippen LogP contribution in [-0.4, -0.2) is 29.1 Å². The largest absolute Gasteiger partial charge is 0.390 e. The topological polar surface area (TPSA) is 69.6 Å². The van der Waals surface area contributed by atoms with Gasteiger partial charge < -0.3 is 15.3 Å². The number of nitrogens with zero attached hydrogens (tertiary/aromatic N) is 1. The van der Waals surface area contributed by atoms with Gasteiger partial charge in [0, 0.05) is 31.6 Å². The van der Waals surface area contributed by atoms with Crippen LogP contribution in [0.4, 0.5) is 5.69 Å². The number of rotatable bonds is 5. The van der Waals surface area contributed by atoms with Crippen LogP contribution in [-0.2, 0) is 16.1 Å². The van der Waals surface area contributed by atoms with Crippen LogP contribution in [0.5, 0.6) is 0 Å². The van der Waals surface area contributed by atoms with E-state index >= 15 is 0 Å². The molecular weight excluding hydrogens is 352 g/mol. The van der Waals surface area contributed by atoms with E-state index < -0.39 is 5.60 Å². The quantitative estimate of drug-likeness (QED) is 0.822. The summed E-state index contributed by atoms with van der Waals surface area (Å²) in [6, 6.07) is 7.93. The Morgan fingerprint density at radius 3 is 2.46 bits per heavy atom. The average molecular weight is 383 g/mol. The van der Waals surface area contributed by atoms with Gasteiger partial charge in [-0.15, -0.1) is 0 Å². The van der Waals surface area contributed by atoms with Gasteiger partial charge in [0.05, 0.1) is 5.60 Å². The molecule has 4 saturated carbocycles. The fraction of sp³-hybridized carbons (Fsp3) is 0.652. The van der Waals surface area contributed by atoms with Crippen LogP contribution in [0.3, 0.4) is 0 Å². The van der Waals surface area contributed by atoms with Crippen molar-refractivity contribution < 1.29 is 14.7 Å². The van der Waals surface area contributed by atoms with Crippen LogP contribution in [0.15, 0.2) is 24.3 Å². The maximum absolute atomic E-state index is 12.7. The van der Waals surface area contributed by atoms with E-state index in [1.807, 2.05) is 29.2 Å². The molecule has 0 aromatic heterocycles. The maximum atomic E-state index is 12.7. The molecule has 5 heteroatoms. The van der Waals surface area contributed by atoms with Gasteiger partial charge in [-0.25, -0.2) is 0 Å². The Kier molecular flexibility index (Phi) is 4.27. The zero-order chi connectivity index (χ0) is 19.4. The highest BCUT2D eigenvalue weighted by atomic mass is 16.3. The van der Waals surface area contributed by atoms with Crippen molar-refractivity contribution in [2.45, 2.75) is 69.9 Å². The lowest BCUT2D eigenvalue weighted by molar-refractivity contribution is -0.169. The first-order valence-electron chi connectivity index (χ1n) is 10.8. The number of amides is 2. The molecule has 2 N–H and O–H groups in total. The third-order valence-corrected chi connectivity index (χ3v) is 7.50. The first kappa shape index (κ1) is 18.2. The van der Waals surface area contributed by atoms with Crippen molar-refractivity contribution in [3.05, 3.63) is 29.8 Å². The number of anilines is 1. The van der Waals surface area contributed by atoms with E-state index in [0.717, 1.165) is 56.3 Å². The SMILES string of the molecule is O=C(CC12C[C@H]3C[C@@H](CC(O)(C3)C1)C2)NCc1ccc(N2CCCC2=O)cc1. The molecule has 150 valence electrons. The number of nitrogens with one attached hydrogen (secondary N) is 1. The van der Waals surface area contributed by atoms with Crippen LogP contribution in [0.2, 0.25) is 0 Å². The highest BCUT2D eigenvalue weighted by molar-refractivity contribution is 5.95. The van der Waals surface area contributed by atoms with Crippen LogP contribution in [0.25, 0.3) is 0 Å². The van der Waals surface area contributed by atoms with Gasteiger partial charge in [-0.1, -0.05) is 12.1 Å². The van der Waals surface area contributed by atoms with E-state index in [0.29, 0.717) is 31.2 Å². The molecule has 2 amide bonds. The number of aliphatic hydroxyl groups is 1. The number of benzene rings is 1. The molecule has 4 aliphatic carbocycles. The molecule has 1 saturated heterocycles. The normalized spacial score (nSPS) is 36.2. The molecule has 1 aromatic rings. The highest BCUT2D eigenvalue weighted by Gasteiger charge is 2.57. The maximum Gasteiger partial charge on any atom is 0.227 e. The fourth-order valence-corrected chi connectivity index (χ4v) is 6.93. The molecular formula is C23H30N2O3. The van der Waals surface area contributed by atoms with Gasteiger partial charge in [0.1, 0.15) is 0 Å². The molecule has 2 atom stereocenters. The Bertz CT molecular complexity index is 774. The first-order valence-corrected chi connectivity index (χ1v) is 10.8. The average Bonchev–Trinajstić information content (AvgIpc) is 3.04. The van der Waals surface area contributed by atoms with Gasteiger partial charge in [-0.3, -0.25) is 9.59 Å². The van der Waals surface area contributed by atoms with E-state index in [4.69, 9.17) is 0 Å². The third-order valence-electron chi connectivity index (χ3n) is 7.50. The van der Waals surface area contributed by atoms with Crippen LogP contribution < -0.4 is 10.2 Å². The summed E-state index contributed by atoms with van der Waals surface area (Å²) in [4.78, 5) is 26.4. The third kappa shape index (κ3) is 3.34. The molecule has 5 aliphatic rings. The second-order valence-corrected chi connectivity index (χ2v) is 9.95. The molecule has 28 heavy (non-hydrogen) atoms. The lowest BCUT2D eigenvalue weighted by Gasteiger charge is -2.60. The minimum Gasteiger partial charge on any atom is -0.390 e. The second kappa shape index (κ2) is 6.58. The Hall–Kier alpha value is -1.88. The lowest BCUT2D eigenvalue weighted by Crippen LogP contribution is -2.56. The van der Waals surface area contributed by atoms with E-state index in [1.54, 1.807) is 0 Å². The lowest BCUT2D eigenvalue weighted by atomic mass is 9.47. The van der Waals surface area contributed by atoms with Crippen molar-refractivity contribution in [2.24, 2.45) is 17.3 Å². The molecule has 0 radical (unpaired) electrons. The summed E-state index contributed by atoms with van der Waals surface area (Å²) in [5.74, 6) is 1.52. The summed E-state index contributed by atoms with van der Waals surface area (Å²) < 4.78 is 0. The van der Waals surface area contributed by atoms with Crippen LogP contribution in [0.1, 0.15) is 63.4 Å². The van der Waals surface area contributed by atoms with E-state index in [1.165, 1.54) is 6.42 Å². The first-order chi connectivity index (χ1) is 13.4. The summed E-state index contributed by atoms with van der Waals surface area (Å²) in [7, 11) is 0. The second-order valence-electron chi connectivity index (χ2n) is 9.95. The predicted molar refractivity (Wildman–Crippen MR) is 107 cm³/mol. The monoisotopic (exact) mass is 382 g/mol. The van der Waals surface area contributed by atoms with Crippen molar-refractivity contribution >= 4 is 17.5 Å². The van der Waals surface area contributed by atoms with Crippen molar-refractivity contribution in [1.82, 2.24) is 5.32 Å². The molecule has 0 unspecified atom stereocenters. The van der Waals surface area contributed by atoms with Crippen molar-refractivity contribution in [3.8, 4) is 0 Å². The van der Waals surface area contributed by atoms with Crippen molar-refractivity contribution in [1.29, 1.82) is 0 Å². The smallest absolute Gasteiger partial charge is 0.227 e. The molecule has 4 bridgehead atoms.